The first-order valence-corrected chi connectivity index (χ1v) is 13.5. The first kappa shape index (κ1) is 24.4. The number of carbonyl (C=O) groups excluding carboxylic acids is 2. The van der Waals surface area contributed by atoms with E-state index >= 15 is 0 Å². The maximum absolute atomic E-state index is 13.2. The van der Waals surface area contributed by atoms with Gasteiger partial charge in [-0.3, -0.25) is 9.59 Å². The van der Waals surface area contributed by atoms with Gasteiger partial charge >= 0.3 is 0 Å². The molecule has 2 aromatic carbocycles. The highest BCUT2D eigenvalue weighted by atomic mass is 32.2. The Labute approximate surface area is 202 Å². The van der Waals surface area contributed by atoms with E-state index in [-0.39, 0.29) is 35.2 Å². The Bertz CT molecular complexity index is 1070. The minimum atomic E-state index is -3.59. The van der Waals surface area contributed by atoms with Crippen molar-refractivity contribution in [2.24, 2.45) is 5.92 Å². The van der Waals surface area contributed by atoms with E-state index in [9.17, 15) is 18.0 Å². The lowest BCUT2D eigenvalue weighted by Gasteiger charge is -2.37. The van der Waals surface area contributed by atoms with E-state index in [2.05, 4.69) is 5.32 Å². The van der Waals surface area contributed by atoms with Crippen molar-refractivity contribution < 1.29 is 18.0 Å². The molecule has 182 valence electrons. The number of amides is 2. The van der Waals surface area contributed by atoms with Gasteiger partial charge in [-0.1, -0.05) is 48.5 Å². The smallest absolute Gasteiger partial charge is 0.243 e. The summed E-state index contributed by atoms with van der Waals surface area (Å²) in [5.41, 5.74) is 1.15. The standard InChI is InChI=1S/C26H33N3O4S/c30-25(14-13-21-8-3-1-4-9-21)27-23-15-18-28(19-16-23)26(31)22-10-7-17-29(20-22)34(32,33)24-11-5-2-6-12-24/h1-6,8-9,11-12,22-23H,7,10,13-20H2,(H,27,30). The number of likely N-dealkylation sites (tertiary alicyclic amines) is 1. The van der Waals surface area contributed by atoms with Crippen LogP contribution in [0.4, 0.5) is 0 Å². The number of hydrogen-bond acceptors (Lipinski definition) is 4. The summed E-state index contributed by atoms with van der Waals surface area (Å²) in [6, 6.07) is 18.4. The monoisotopic (exact) mass is 483 g/mol. The van der Waals surface area contributed by atoms with Gasteiger partial charge in [-0.25, -0.2) is 8.42 Å². The molecule has 2 aliphatic rings. The molecular weight excluding hydrogens is 450 g/mol. The van der Waals surface area contributed by atoms with E-state index < -0.39 is 10.0 Å². The van der Waals surface area contributed by atoms with Crippen molar-refractivity contribution in [1.29, 1.82) is 0 Å². The highest BCUT2D eigenvalue weighted by Crippen LogP contribution is 2.26. The molecule has 0 aromatic heterocycles. The van der Waals surface area contributed by atoms with Crippen LogP contribution >= 0.6 is 0 Å². The number of benzene rings is 2. The van der Waals surface area contributed by atoms with E-state index in [1.165, 1.54) is 4.31 Å². The molecule has 4 rings (SSSR count). The molecule has 8 heteroatoms. The number of sulfonamides is 1. The first-order valence-electron chi connectivity index (χ1n) is 12.1. The Hall–Kier alpha value is -2.71. The number of aryl methyl sites for hydroxylation is 1. The topological polar surface area (TPSA) is 86.8 Å². The summed E-state index contributed by atoms with van der Waals surface area (Å²) in [4.78, 5) is 27.6. The van der Waals surface area contributed by atoms with Crippen LogP contribution in [-0.2, 0) is 26.0 Å². The second-order valence-electron chi connectivity index (χ2n) is 9.17. The molecule has 0 spiro atoms. The summed E-state index contributed by atoms with van der Waals surface area (Å²) < 4.78 is 27.4. The predicted octanol–water partition coefficient (Wildman–Crippen LogP) is 2.83. The van der Waals surface area contributed by atoms with Gasteiger partial charge in [-0.05, 0) is 49.8 Å². The lowest BCUT2D eigenvalue weighted by Crippen LogP contribution is -2.51. The van der Waals surface area contributed by atoms with Crippen molar-refractivity contribution in [3.05, 3.63) is 66.2 Å². The Morgan fingerprint density at radius 1 is 0.882 bits per heavy atom. The van der Waals surface area contributed by atoms with Gasteiger partial charge in [0.1, 0.15) is 0 Å². The fraction of sp³-hybridized carbons (Fsp3) is 0.462. The highest BCUT2D eigenvalue weighted by Gasteiger charge is 2.36. The molecular formula is C26H33N3O4S. The molecule has 2 fully saturated rings. The van der Waals surface area contributed by atoms with E-state index in [1.54, 1.807) is 30.3 Å². The number of rotatable bonds is 7. The number of hydrogen-bond donors (Lipinski definition) is 1. The molecule has 2 heterocycles. The van der Waals surface area contributed by atoms with Gasteiger partial charge in [-0.2, -0.15) is 4.31 Å². The second kappa shape index (κ2) is 11.1. The van der Waals surface area contributed by atoms with Crippen LogP contribution in [0.2, 0.25) is 0 Å². The Morgan fingerprint density at radius 3 is 2.21 bits per heavy atom. The van der Waals surface area contributed by atoms with Gasteiger partial charge in [0.05, 0.1) is 10.8 Å². The Balaban J connectivity index is 1.25. The largest absolute Gasteiger partial charge is 0.353 e. The van der Waals surface area contributed by atoms with Crippen LogP contribution in [0.15, 0.2) is 65.6 Å². The third-order valence-corrected chi connectivity index (χ3v) is 8.65. The maximum Gasteiger partial charge on any atom is 0.243 e. The number of nitrogens with zero attached hydrogens (tertiary/aromatic N) is 2. The summed E-state index contributed by atoms with van der Waals surface area (Å²) >= 11 is 0. The summed E-state index contributed by atoms with van der Waals surface area (Å²) in [6.07, 6.45) is 4.00. The van der Waals surface area contributed by atoms with Gasteiger partial charge < -0.3 is 10.2 Å². The molecule has 7 nitrogen and oxygen atoms in total. The lowest BCUT2D eigenvalue weighted by molar-refractivity contribution is -0.137. The molecule has 0 bridgehead atoms. The normalized spacial score (nSPS) is 20.1. The van der Waals surface area contributed by atoms with Crippen molar-refractivity contribution >= 4 is 21.8 Å². The number of piperidine rings is 2. The average molecular weight is 484 g/mol. The predicted molar refractivity (Wildman–Crippen MR) is 130 cm³/mol. The third kappa shape index (κ3) is 6.04. The van der Waals surface area contributed by atoms with Crippen LogP contribution in [0.1, 0.15) is 37.7 Å². The molecule has 0 aliphatic carbocycles. The van der Waals surface area contributed by atoms with Crippen LogP contribution in [0.3, 0.4) is 0 Å². The number of carbonyl (C=O) groups is 2. The van der Waals surface area contributed by atoms with Crippen molar-refractivity contribution in [3.63, 3.8) is 0 Å². The Morgan fingerprint density at radius 2 is 1.53 bits per heavy atom. The van der Waals surface area contributed by atoms with Crippen LogP contribution in [0.5, 0.6) is 0 Å². The van der Waals surface area contributed by atoms with Gasteiger partial charge in [0.25, 0.3) is 0 Å². The van der Waals surface area contributed by atoms with Crippen molar-refractivity contribution in [2.75, 3.05) is 26.2 Å². The molecule has 1 atom stereocenters. The minimum absolute atomic E-state index is 0.0295. The zero-order valence-electron chi connectivity index (χ0n) is 19.4. The van der Waals surface area contributed by atoms with E-state index in [0.29, 0.717) is 45.3 Å². The number of nitrogens with one attached hydrogen (secondary N) is 1. The molecule has 0 radical (unpaired) electrons. The van der Waals surface area contributed by atoms with Crippen molar-refractivity contribution in [3.8, 4) is 0 Å². The van der Waals surface area contributed by atoms with E-state index in [4.69, 9.17) is 0 Å². The molecule has 1 N–H and O–H groups in total. The van der Waals surface area contributed by atoms with E-state index in [1.807, 2.05) is 35.2 Å². The van der Waals surface area contributed by atoms with Crippen LogP contribution in [0.25, 0.3) is 0 Å². The van der Waals surface area contributed by atoms with Gasteiger partial charge in [0.15, 0.2) is 0 Å². The average Bonchev–Trinajstić information content (AvgIpc) is 2.89. The quantitative estimate of drug-likeness (QED) is 0.656. The van der Waals surface area contributed by atoms with Gasteiger partial charge in [0, 0.05) is 38.6 Å². The summed E-state index contributed by atoms with van der Waals surface area (Å²) in [5.74, 6) is -0.242. The molecule has 0 saturated carbocycles. The highest BCUT2D eigenvalue weighted by molar-refractivity contribution is 7.89. The zero-order chi connectivity index (χ0) is 24.0. The van der Waals surface area contributed by atoms with Crippen LogP contribution in [-0.4, -0.2) is 61.7 Å². The van der Waals surface area contributed by atoms with Crippen molar-refractivity contribution in [1.82, 2.24) is 14.5 Å². The molecule has 1 unspecified atom stereocenters. The Kier molecular flexibility index (Phi) is 8.00. The van der Waals surface area contributed by atoms with Crippen molar-refractivity contribution in [2.45, 2.75) is 49.5 Å². The first-order chi connectivity index (χ1) is 16.4. The summed E-state index contributed by atoms with van der Waals surface area (Å²) in [6.45, 7) is 1.85. The van der Waals surface area contributed by atoms with Crippen LogP contribution in [0, 0.1) is 5.92 Å². The molecule has 2 aromatic rings. The van der Waals surface area contributed by atoms with Gasteiger partial charge in [0.2, 0.25) is 21.8 Å². The summed E-state index contributed by atoms with van der Waals surface area (Å²) in [7, 11) is -3.59. The van der Waals surface area contributed by atoms with Crippen LogP contribution < -0.4 is 5.32 Å². The molecule has 2 amide bonds. The molecule has 2 aliphatic heterocycles. The van der Waals surface area contributed by atoms with E-state index in [0.717, 1.165) is 18.4 Å². The molecule has 34 heavy (non-hydrogen) atoms. The second-order valence-corrected chi connectivity index (χ2v) is 11.1. The maximum atomic E-state index is 13.2. The fourth-order valence-corrected chi connectivity index (χ4v) is 6.35. The molecule has 2 saturated heterocycles. The zero-order valence-corrected chi connectivity index (χ0v) is 20.3. The SMILES string of the molecule is O=C(CCc1ccccc1)NC1CCN(C(=O)C2CCCN(S(=O)(=O)c3ccccc3)C2)CC1. The van der Waals surface area contributed by atoms with Gasteiger partial charge in [-0.15, -0.1) is 0 Å². The fourth-order valence-electron chi connectivity index (χ4n) is 4.81. The third-order valence-electron chi connectivity index (χ3n) is 6.77. The minimum Gasteiger partial charge on any atom is -0.353 e. The summed E-state index contributed by atoms with van der Waals surface area (Å²) in [5, 5.41) is 3.11. The lowest BCUT2D eigenvalue weighted by atomic mass is 9.96.